The number of likely N-dealkylation sites (tertiary alicyclic amines) is 1. The van der Waals surface area contributed by atoms with Gasteiger partial charge in [-0.1, -0.05) is 11.8 Å². The maximum Gasteiger partial charge on any atom is 0.130 e. The minimum atomic E-state index is 0.0310. The Hall–Kier alpha value is -0.910. The highest BCUT2D eigenvalue weighted by atomic mass is 32.2. The van der Waals surface area contributed by atoms with E-state index in [1.165, 1.54) is 36.4 Å². The van der Waals surface area contributed by atoms with Gasteiger partial charge in [0.1, 0.15) is 5.50 Å². The van der Waals surface area contributed by atoms with Crippen LogP contribution in [0.5, 0.6) is 0 Å². The van der Waals surface area contributed by atoms with Crippen molar-refractivity contribution in [2.45, 2.75) is 35.7 Å². The zero-order valence-corrected chi connectivity index (χ0v) is 12.2. The smallest absolute Gasteiger partial charge is 0.130 e. The Morgan fingerprint density at radius 2 is 2.26 bits per heavy atom. The van der Waals surface area contributed by atoms with Gasteiger partial charge < -0.3 is 21.3 Å². The van der Waals surface area contributed by atoms with Gasteiger partial charge in [0.2, 0.25) is 0 Å². The highest BCUT2D eigenvalue weighted by Gasteiger charge is 2.29. The van der Waals surface area contributed by atoms with Crippen molar-refractivity contribution in [1.82, 2.24) is 4.90 Å². The molecule has 0 saturated carbocycles. The fourth-order valence-electron chi connectivity index (χ4n) is 3.07. The van der Waals surface area contributed by atoms with Crippen LogP contribution in [0, 0.1) is 0 Å². The first kappa shape index (κ1) is 13.1. The van der Waals surface area contributed by atoms with Crippen LogP contribution < -0.4 is 16.4 Å². The van der Waals surface area contributed by atoms with Gasteiger partial charge >= 0.3 is 0 Å². The summed E-state index contributed by atoms with van der Waals surface area (Å²) in [6.45, 7) is 2.24. The molecule has 0 spiro atoms. The quantitative estimate of drug-likeness (QED) is 0.827. The van der Waals surface area contributed by atoms with Crippen molar-refractivity contribution >= 4 is 23.1 Å². The Balaban J connectivity index is 1.69. The number of hydrogen-bond acceptors (Lipinski definition) is 5. The summed E-state index contributed by atoms with van der Waals surface area (Å²) in [6, 6.07) is 6.79. The van der Waals surface area contributed by atoms with Gasteiger partial charge in [0, 0.05) is 23.2 Å². The monoisotopic (exact) mass is 278 g/mol. The van der Waals surface area contributed by atoms with E-state index in [0.717, 1.165) is 12.2 Å². The van der Waals surface area contributed by atoms with E-state index < -0.39 is 0 Å². The Morgan fingerprint density at radius 3 is 3.00 bits per heavy atom. The zero-order chi connectivity index (χ0) is 13.4. The lowest BCUT2D eigenvalue weighted by atomic mass is 10.1. The lowest BCUT2D eigenvalue weighted by Gasteiger charge is -2.27. The van der Waals surface area contributed by atoms with Gasteiger partial charge in [0.25, 0.3) is 0 Å². The summed E-state index contributed by atoms with van der Waals surface area (Å²) < 4.78 is 0. The molecule has 2 atom stereocenters. The number of nitrogen functional groups attached to an aromatic ring is 1. The Morgan fingerprint density at radius 1 is 1.42 bits per heavy atom. The molecular formula is C14H22N4S. The summed E-state index contributed by atoms with van der Waals surface area (Å²) in [5, 5.41) is 0. The van der Waals surface area contributed by atoms with E-state index in [4.69, 9.17) is 11.5 Å². The van der Waals surface area contributed by atoms with Gasteiger partial charge in [0.15, 0.2) is 0 Å². The second-order valence-electron chi connectivity index (χ2n) is 5.49. The van der Waals surface area contributed by atoms with E-state index in [0.29, 0.717) is 6.04 Å². The second kappa shape index (κ2) is 5.23. The van der Waals surface area contributed by atoms with Crippen molar-refractivity contribution in [3.05, 3.63) is 18.2 Å². The fourth-order valence-corrected chi connectivity index (χ4v) is 4.12. The molecule has 2 heterocycles. The van der Waals surface area contributed by atoms with Crippen LogP contribution in [-0.2, 0) is 0 Å². The number of nitrogens with two attached hydrogens (primary N) is 2. The minimum Gasteiger partial charge on any atom is -0.399 e. The van der Waals surface area contributed by atoms with Gasteiger partial charge in [-0.2, -0.15) is 0 Å². The summed E-state index contributed by atoms with van der Waals surface area (Å²) in [4.78, 5) is 6.01. The van der Waals surface area contributed by atoms with Crippen LogP contribution >= 0.6 is 11.8 Å². The second-order valence-corrected chi connectivity index (χ2v) is 6.65. The molecule has 0 bridgehead atoms. The molecule has 19 heavy (non-hydrogen) atoms. The molecule has 104 valence electrons. The molecule has 1 fully saturated rings. The number of anilines is 2. The zero-order valence-electron chi connectivity index (χ0n) is 11.4. The van der Waals surface area contributed by atoms with Gasteiger partial charge in [-0.3, -0.25) is 0 Å². The number of benzene rings is 1. The van der Waals surface area contributed by atoms with E-state index in [-0.39, 0.29) is 5.50 Å². The van der Waals surface area contributed by atoms with Crippen LogP contribution in [0.1, 0.15) is 19.3 Å². The predicted octanol–water partition coefficient (Wildman–Crippen LogP) is 1.91. The van der Waals surface area contributed by atoms with Crippen LogP contribution in [0.2, 0.25) is 0 Å². The van der Waals surface area contributed by atoms with Crippen molar-refractivity contribution in [2.24, 2.45) is 5.73 Å². The fraction of sp³-hybridized carbons (Fsp3) is 0.571. The van der Waals surface area contributed by atoms with E-state index >= 15 is 0 Å². The first-order valence-electron chi connectivity index (χ1n) is 6.94. The summed E-state index contributed by atoms with van der Waals surface area (Å²) >= 11 is 1.73. The van der Waals surface area contributed by atoms with Crippen LogP contribution in [0.4, 0.5) is 11.4 Å². The Kier molecular flexibility index (Phi) is 3.60. The lowest BCUT2D eigenvalue weighted by Crippen LogP contribution is -2.39. The van der Waals surface area contributed by atoms with Crippen LogP contribution in [0.25, 0.3) is 0 Å². The first-order valence-corrected chi connectivity index (χ1v) is 7.82. The van der Waals surface area contributed by atoms with Gasteiger partial charge in [-0.25, -0.2) is 0 Å². The maximum absolute atomic E-state index is 6.23. The molecular weight excluding hydrogens is 256 g/mol. The standard InChI is InChI=1S/C14H22N4S/c1-17-7-2-3-11(17)6-8-18-12-9-10(15)4-5-13(12)19-14(18)16/h4-5,9,11,14H,2-3,6-8,15-16H2,1H3. The summed E-state index contributed by atoms with van der Waals surface area (Å²) in [7, 11) is 2.22. The Bertz CT molecular complexity index is 465. The molecule has 0 amide bonds. The van der Waals surface area contributed by atoms with Gasteiger partial charge in [-0.15, -0.1) is 0 Å². The molecule has 2 unspecified atom stereocenters. The molecule has 1 saturated heterocycles. The largest absolute Gasteiger partial charge is 0.399 e. The molecule has 0 aromatic heterocycles. The number of nitrogens with zero attached hydrogens (tertiary/aromatic N) is 2. The van der Waals surface area contributed by atoms with Crippen molar-refractivity contribution < 1.29 is 0 Å². The maximum atomic E-state index is 6.23. The van der Waals surface area contributed by atoms with Crippen LogP contribution in [0.15, 0.2) is 23.1 Å². The van der Waals surface area contributed by atoms with E-state index in [2.05, 4.69) is 22.9 Å². The molecule has 4 N–H and O–H groups in total. The molecule has 0 aliphatic carbocycles. The molecule has 2 aliphatic heterocycles. The molecule has 0 radical (unpaired) electrons. The molecule has 1 aromatic carbocycles. The third kappa shape index (κ3) is 2.55. The predicted molar refractivity (Wildman–Crippen MR) is 82.3 cm³/mol. The van der Waals surface area contributed by atoms with Crippen molar-refractivity contribution in [2.75, 3.05) is 30.8 Å². The molecule has 1 aromatic rings. The number of thioether (sulfide) groups is 1. The molecule has 3 rings (SSSR count). The van der Waals surface area contributed by atoms with E-state index in [1.807, 2.05) is 12.1 Å². The lowest BCUT2D eigenvalue weighted by molar-refractivity contribution is 0.297. The first-order chi connectivity index (χ1) is 9.15. The third-order valence-electron chi connectivity index (χ3n) is 4.22. The molecule has 2 aliphatic rings. The van der Waals surface area contributed by atoms with Crippen molar-refractivity contribution in [3.8, 4) is 0 Å². The van der Waals surface area contributed by atoms with E-state index in [9.17, 15) is 0 Å². The minimum absolute atomic E-state index is 0.0310. The van der Waals surface area contributed by atoms with Gasteiger partial charge in [0.05, 0.1) is 5.69 Å². The van der Waals surface area contributed by atoms with Gasteiger partial charge in [-0.05, 0) is 51.1 Å². The topological polar surface area (TPSA) is 58.5 Å². The average Bonchev–Trinajstić information content (AvgIpc) is 2.90. The highest BCUT2D eigenvalue weighted by molar-refractivity contribution is 8.00. The van der Waals surface area contributed by atoms with Crippen LogP contribution in [-0.4, -0.2) is 36.6 Å². The molecule has 5 heteroatoms. The summed E-state index contributed by atoms with van der Waals surface area (Å²) in [5.74, 6) is 0. The average molecular weight is 278 g/mol. The molecule has 4 nitrogen and oxygen atoms in total. The SMILES string of the molecule is CN1CCCC1CCN1c2cc(N)ccc2SC1N. The van der Waals surface area contributed by atoms with Crippen molar-refractivity contribution in [3.63, 3.8) is 0 Å². The number of hydrogen-bond donors (Lipinski definition) is 2. The summed E-state index contributed by atoms with van der Waals surface area (Å²) in [5.41, 5.74) is 14.2. The van der Waals surface area contributed by atoms with Crippen LogP contribution in [0.3, 0.4) is 0 Å². The summed E-state index contributed by atoms with van der Waals surface area (Å²) in [6.07, 6.45) is 3.82. The van der Waals surface area contributed by atoms with E-state index in [1.54, 1.807) is 11.8 Å². The number of rotatable bonds is 3. The highest BCUT2D eigenvalue weighted by Crippen LogP contribution is 2.42. The number of fused-ring (bicyclic) bond motifs is 1. The van der Waals surface area contributed by atoms with Crippen molar-refractivity contribution in [1.29, 1.82) is 0 Å². The third-order valence-corrected chi connectivity index (χ3v) is 5.32. The Labute approximate surface area is 119 Å². The normalized spacial score (nSPS) is 26.9.